The van der Waals surface area contributed by atoms with Crippen molar-refractivity contribution in [1.82, 2.24) is 10.2 Å². The fraction of sp³-hybridized carbons (Fsp3) is 0.818. The Bertz CT molecular complexity index is 307. The molecule has 1 saturated carbocycles. The van der Waals surface area contributed by atoms with Crippen LogP contribution in [-0.4, -0.2) is 23.8 Å². The molecule has 2 rings (SSSR count). The molecular weight excluding hydrogens is 206 g/mol. The fourth-order valence-corrected chi connectivity index (χ4v) is 2.52. The van der Waals surface area contributed by atoms with Crippen molar-refractivity contribution in [1.29, 1.82) is 0 Å². The molecule has 0 amide bonds. The van der Waals surface area contributed by atoms with Gasteiger partial charge in [0.15, 0.2) is 0 Å². The van der Waals surface area contributed by atoms with Gasteiger partial charge in [0.05, 0.1) is 0 Å². The molecule has 15 heavy (non-hydrogen) atoms. The molecule has 3 nitrogen and oxygen atoms in total. The normalized spacial score (nSPS) is 15.6. The van der Waals surface area contributed by atoms with Crippen molar-refractivity contribution < 1.29 is 0 Å². The van der Waals surface area contributed by atoms with Gasteiger partial charge < -0.3 is 4.90 Å². The van der Waals surface area contributed by atoms with Crippen molar-refractivity contribution in [2.75, 3.05) is 18.5 Å². The van der Waals surface area contributed by atoms with E-state index < -0.39 is 0 Å². The van der Waals surface area contributed by atoms with Gasteiger partial charge in [-0.05, 0) is 18.8 Å². The van der Waals surface area contributed by atoms with Crippen molar-refractivity contribution in [3.05, 3.63) is 5.01 Å². The van der Waals surface area contributed by atoms with Gasteiger partial charge in [-0.25, -0.2) is 0 Å². The molecule has 84 valence electrons. The van der Waals surface area contributed by atoms with Crippen LogP contribution in [0.15, 0.2) is 0 Å². The second-order valence-corrected chi connectivity index (χ2v) is 5.42. The maximum atomic E-state index is 4.23. The summed E-state index contributed by atoms with van der Waals surface area (Å²) in [5, 5.41) is 10.7. The first kappa shape index (κ1) is 10.9. The summed E-state index contributed by atoms with van der Waals surface area (Å²) in [5.74, 6) is 0.996. The second kappa shape index (κ2) is 4.92. The van der Waals surface area contributed by atoms with Gasteiger partial charge in [-0.1, -0.05) is 31.1 Å². The van der Waals surface area contributed by atoms with Gasteiger partial charge in [0, 0.05) is 20.0 Å². The Morgan fingerprint density at radius 3 is 2.87 bits per heavy atom. The number of hydrogen-bond acceptors (Lipinski definition) is 4. The van der Waals surface area contributed by atoms with Crippen LogP contribution in [0, 0.1) is 5.92 Å². The lowest BCUT2D eigenvalue weighted by Gasteiger charge is -2.13. The van der Waals surface area contributed by atoms with Gasteiger partial charge in [-0.2, -0.15) is 0 Å². The first-order valence-corrected chi connectivity index (χ1v) is 6.64. The van der Waals surface area contributed by atoms with Crippen LogP contribution in [0.5, 0.6) is 0 Å². The van der Waals surface area contributed by atoms with Crippen molar-refractivity contribution in [3.63, 3.8) is 0 Å². The lowest BCUT2D eigenvalue weighted by Crippen LogP contribution is -2.18. The lowest BCUT2D eigenvalue weighted by molar-refractivity contribution is 0.707. The summed E-state index contributed by atoms with van der Waals surface area (Å²) in [6.07, 6.45) is 6.41. The van der Waals surface area contributed by atoms with Gasteiger partial charge in [-0.15, -0.1) is 10.2 Å². The topological polar surface area (TPSA) is 29.0 Å². The molecular formula is C11H19N3S. The van der Waals surface area contributed by atoms with Gasteiger partial charge in [0.2, 0.25) is 5.13 Å². The number of aryl methyl sites for hydroxylation is 1. The molecule has 0 unspecified atom stereocenters. The number of rotatable bonds is 6. The molecule has 1 aliphatic rings. The lowest BCUT2D eigenvalue weighted by atomic mass is 10.3. The number of hydrogen-bond donors (Lipinski definition) is 0. The minimum absolute atomic E-state index is 0.996. The summed E-state index contributed by atoms with van der Waals surface area (Å²) < 4.78 is 0. The Balaban J connectivity index is 1.83. The highest BCUT2D eigenvalue weighted by Gasteiger charge is 2.21. The van der Waals surface area contributed by atoms with Crippen LogP contribution in [0.25, 0.3) is 0 Å². The van der Waals surface area contributed by atoms with Gasteiger partial charge in [0.1, 0.15) is 5.01 Å². The SMILES string of the molecule is CCCc1nnc(N(C)CCC2CC2)s1. The Morgan fingerprint density at radius 1 is 1.40 bits per heavy atom. The monoisotopic (exact) mass is 225 g/mol. The molecule has 0 aromatic carbocycles. The molecule has 1 aromatic heterocycles. The van der Waals surface area contributed by atoms with E-state index in [1.165, 1.54) is 24.3 Å². The van der Waals surface area contributed by atoms with E-state index in [0.717, 1.165) is 30.4 Å². The van der Waals surface area contributed by atoms with Gasteiger partial charge in [-0.3, -0.25) is 0 Å². The molecule has 1 aliphatic carbocycles. The third-order valence-corrected chi connectivity index (χ3v) is 3.91. The van der Waals surface area contributed by atoms with E-state index in [2.05, 4.69) is 29.1 Å². The van der Waals surface area contributed by atoms with E-state index in [0.29, 0.717) is 0 Å². The standard InChI is InChI=1S/C11H19N3S/c1-3-4-10-12-13-11(15-10)14(2)8-7-9-5-6-9/h9H,3-8H2,1-2H3. The number of nitrogens with zero attached hydrogens (tertiary/aromatic N) is 3. The van der Waals surface area contributed by atoms with Crippen LogP contribution >= 0.6 is 11.3 Å². The highest BCUT2D eigenvalue weighted by Crippen LogP contribution is 2.33. The molecule has 4 heteroatoms. The maximum absolute atomic E-state index is 4.23. The number of aromatic nitrogens is 2. The van der Waals surface area contributed by atoms with E-state index in [9.17, 15) is 0 Å². The summed E-state index contributed by atoms with van der Waals surface area (Å²) in [6, 6.07) is 0. The van der Waals surface area contributed by atoms with Crippen LogP contribution in [0.4, 0.5) is 5.13 Å². The average molecular weight is 225 g/mol. The van der Waals surface area contributed by atoms with Crippen LogP contribution in [0.3, 0.4) is 0 Å². The highest BCUT2D eigenvalue weighted by molar-refractivity contribution is 7.15. The third-order valence-electron chi connectivity index (χ3n) is 2.82. The van der Waals surface area contributed by atoms with Crippen LogP contribution in [0.2, 0.25) is 0 Å². The van der Waals surface area contributed by atoms with E-state index in [1.807, 2.05) is 0 Å². The minimum Gasteiger partial charge on any atom is -0.350 e. The van der Waals surface area contributed by atoms with Crippen molar-refractivity contribution in [2.24, 2.45) is 5.92 Å². The quantitative estimate of drug-likeness (QED) is 0.745. The predicted molar refractivity (Wildman–Crippen MR) is 64.5 cm³/mol. The maximum Gasteiger partial charge on any atom is 0.208 e. The van der Waals surface area contributed by atoms with Crippen molar-refractivity contribution in [3.8, 4) is 0 Å². The van der Waals surface area contributed by atoms with Crippen LogP contribution in [0.1, 0.15) is 37.6 Å². The smallest absolute Gasteiger partial charge is 0.208 e. The second-order valence-electron chi connectivity index (χ2n) is 4.38. The molecule has 1 aromatic rings. The predicted octanol–water partition coefficient (Wildman–Crippen LogP) is 2.73. The van der Waals surface area contributed by atoms with Crippen LogP contribution < -0.4 is 4.90 Å². The Labute approximate surface area is 95.5 Å². The highest BCUT2D eigenvalue weighted by atomic mass is 32.1. The zero-order valence-corrected chi connectivity index (χ0v) is 10.4. The molecule has 1 heterocycles. The summed E-state index contributed by atoms with van der Waals surface area (Å²) in [7, 11) is 2.12. The number of anilines is 1. The van der Waals surface area contributed by atoms with Gasteiger partial charge in [0.25, 0.3) is 0 Å². The molecule has 0 spiro atoms. The van der Waals surface area contributed by atoms with E-state index in [-0.39, 0.29) is 0 Å². The van der Waals surface area contributed by atoms with E-state index in [4.69, 9.17) is 0 Å². The molecule has 0 saturated heterocycles. The van der Waals surface area contributed by atoms with Gasteiger partial charge >= 0.3 is 0 Å². The molecule has 0 bridgehead atoms. The van der Waals surface area contributed by atoms with E-state index in [1.54, 1.807) is 11.3 Å². The minimum atomic E-state index is 0.996. The van der Waals surface area contributed by atoms with Crippen molar-refractivity contribution >= 4 is 16.5 Å². The Hall–Kier alpha value is -0.640. The van der Waals surface area contributed by atoms with Crippen molar-refractivity contribution in [2.45, 2.75) is 39.0 Å². The largest absolute Gasteiger partial charge is 0.350 e. The first-order chi connectivity index (χ1) is 7.29. The average Bonchev–Trinajstić information content (AvgIpc) is 2.94. The Kier molecular flexibility index (Phi) is 3.57. The van der Waals surface area contributed by atoms with Crippen LogP contribution in [-0.2, 0) is 6.42 Å². The third kappa shape index (κ3) is 3.16. The molecule has 0 N–H and O–H groups in total. The Morgan fingerprint density at radius 2 is 2.20 bits per heavy atom. The molecule has 0 radical (unpaired) electrons. The zero-order valence-electron chi connectivity index (χ0n) is 9.57. The molecule has 0 aliphatic heterocycles. The molecule has 0 atom stereocenters. The molecule has 1 fully saturated rings. The fourth-order valence-electron chi connectivity index (χ4n) is 1.59. The summed E-state index contributed by atoms with van der Waals surface area (Å²) in [4.78, 5) is 2.25. The summed E-state index contributed by atoms with van der Waals surface area (Å²) in [6.45, 7) is 3.31. The van der Waals surface area contributed by atoms with E-state index >= 15 is 0 Å². The summed E-state index contributed by atoms with van der Waals surface area (Å²) in [5.41, 5.74) is 0. The zero-order chi connectivity index (χ0) is 10.7. The first-order valence-electron chi connectivity index (χ1n) is 5.83. The summed E-state index contributed by atoms with van der Waals surface area (Å²) >= 11 is 1.74.